The van der Waals surface area contributed by atoms with Crippen LogP contribution in [0.15, 0.2) is 57.7 Å². The molecule has 0 bridgehead atoms. The minimum atomic E-state index is -0.520. The molecule has 0 atom stereocenters. The van der Waals surface area contributed by atoms with E-state index in [0.717, 1.165) is 0 Å². The molecule has 25 heavy (non-hydrogen) atoms. The van der Waals surface area contributed by atoms with Crippen LogP contribution in [0.1, 0.15) is 15.9 Å². The predicted molar refractivity (Wildman–Crippen MR) is 91.1 cm³/mol. The van der Waals surface area contributed by atoms with Gasteiger partial charge in [0.2, 0.25) is 0 Å². The van der Waals surface area contributed by atoms with Crippen molar-refractivity contribution in [3.05, 3.63) is 70.1 Å². The monoisotopic (exact) mass is 340 g/mol. The molecule has 128 valence electrons. The zero-order valence-corrected chi connectivity index (χ0v) is 13.8. The fraction of sp³-hybridized carbons (Fsp3) is 0.158. The van der Waals surface area contributed by atoms with Gasteiger partial charge in [0.05, 0.1) is 19.8 Å². The zero-order valence-electron chi connectivity index (χ0n) is 13.8. The largest absolute Gasteiger partial charge is 0.497 e. The van der Waals surface area contributed by atoms with E-state index in [9.17, 15) is 9.59 Å². The minimum absolute atomic E-state index is 0.0511. The molecule has 3 aromatic rings. The molecule has 0 amide bonds. The molecule has 6 nitrogen and oxygen atoms in total. The first kappa shape index (κ1) is 16.6. The van der Waals surface area contributed by atoms with E-state index in [1.807, 2.05) is 0 Å². The van der Waals surface area contributed by atoms with Crippen molar-refractivity contribution in [1.29, 1.82) is 0 Å². The van der Waals surface area contributed by atoms with Gasteiger partial charge in [-0.3, -0.25) is 0 Å². The molecule has 6 heteroatoms. The number of benzene rings is 2. The van der Waals surface area contributed by atoms with E-state index in [2.05, 4.69) is 0 Å². The molecule has 0 fully saturated rings. The maximum Gasteiger partial charge on any atom is 0.338 e. The second-order valence-corrected chi connectivity index (χ2v) is 5.26. The van der Waals surface area contributed by atoms with Crippen LogP contribution in [0.5, 0.6) is 11.5 Å². The average Bonchev–Trinajstić information content (AvgIpc) is 2.65. The summed E-state index contributed by atoms with van der Waals surface area (Å²) in [6.07, 6.45) is 0. The Hall–Kier alpha value is -3.28. The molecule has 0 spiro atoms. The number of carbonyl (C=O) groups is 1. The summed E-state index contributed by atoms with van der Waals surface area (Å²) >= 11 is 0. The molecule has 3 rings (SSSR count). The van der Waals surface area contributed by atoms with Crippen LogP contribution in [0.3, 0.4) is 0 Å². The Balaban J connectivity index is 1.85. The third-order valence-corrected chi connectivity index (χ3v) is 3.70. The first-order chi connectivity index (χ1) is 12.1. The standard InChI is InChI=1S/C19H16O6/c1-22-14-5-3-4-12(8-14)19(21)24-11-13-9-18(20)25-17-10-15(23-2)6-7-16(13)17/h3-10H,11H2,1-2H3. The van der Waals surface area contributed by atoms with Crippen LogP contribution >= 0.6 is 0 Å². The molecule has 0 saturated carbocycles. The SMILES string of the molecule is COc1cccc(C(=O)OCc2cc(=O)oc3cc(OC)ccc23)c1. The molecule has 0 radical (unpaired) electrons. The van der Waals surface area contributed by atoms with Gasteiger partial charge < -0.3 is 18.6 Å². The van der Waals surface area contributed by atoms with Crippen LogP contribution in [0.4, 0.5) is 0 Å². The molecule has 0 aliphatic rings. The highest BCUT2D eigenvalue weighted by Crippen LogP contribution is 2.23. The van der Waals surface area contributed by atoms with Crippen LogP contribution in [-0.4, -0.2) is 20.2 Å². The van der Waals surface area contributed by atoms with Gasteiger partial charge in [-0.05, 0) is 30.3 Å². The molecular weight excluding hydrogens is 324 g/mol. The molecule has 0 saturated heterocycles. The summed E-state index contributed by atoms with van der Waals surface area (Å²) in [6.45, 7) is -0.0511. The van der Waals surface area contributed by atoms with Crippen molar-refractivity contribution < 1.29 is 23.4 Å². The second-order valence-electron chi connectivity index (χ2n) is 5.26. The van der Waals surface area contributed by atoms with Gasteiger partial charge in [-0.15, -0.1) is 0 Å². The lowest BCUT2D eigenvalue weighted by molar-refractivity contribution is 0.0473. The smallest absolute Gasteiger partial charge is 0.338 e. The normalized spacial score (nSPS) is 10.5. The number of carbonyl (C=O) groups excluding carboxylic acids is 1. The van der Waals surface area contributed by atoms with Crippen LogP contribution < -0.4 is 15.1 Å². The lowest BCUT2D eigenvalue weighted by atomic mass is 10.1. The maximum atomic E-state index is 12.2. The predicted octanol–water partition coefficient (Wildman–Crippen LogP) is 3.17. The van der Waals surface area contributed by atoms with Gasteiger partial charge in [0, 0.05) is 23.1 Å². The lowest BCUT2D eigenvalue weighted by Crippen LogP contribution is -2.08. The molecule has 0 N–H and O–H groups in total. The number of fused-ring (bicyclic) bond motifs is 1. The van der Waals surface area contributed by atoms with Gasteiger partial charge in [0.15, 0.2) is 0 Å². The van der Waals surface area contributed by atoms with Crippen molar-refractivity contribution in [2.45, 2.75) is 6.61 Å². The highest BCUT2D eigenvalue weighted by molar-refractivity contribution is 5.90. The quantitative estimate of drug-likeness (QED) is 0.525. The Labute approximate surface area is 143 Å². The van der Waals surface area contributed by atoms with Gasteiger partial charge >= 0.3 is 11.6 Å². The van der Waals surface area contributed by atoms with Gasteiger partial charge in [-0.25, -0.2) is 9.59 Å². The third kappa shape index (κ3) is 3.63. The van der Waals surface area contributed by atoms with E-state index >= 15 is 0 Å². The molecule has 0 aliphatic carbocycles. The van der Waals surface area contributed by atoms with Gasteiger partial charge in [-0.2, -0.15) is 0 Å². The fourth-order valence-corrected chi connectivity index (χ4v) is 2.43. The molecule has 0 aliphatic heterocycles. The summed E-state index contributed by atoms with van der Waals surface area (Å²) in [5.74, 6) is 0.627. The van der Waals surface area contributed by atoms with Gasteiger partial charge in [0.25, 0.3) is 0 Å². The summed E-state index contributed by atoms with van der Waals surface area (Å²) in [5.41, 5.74) is 0.783. The van der Waals surface area contributed by atoms with Crippen molar-refractivity contribution in [3.63, 3.8) is 0 Å². The molecule has 0 unspecified atom stereocenters. The minimum Gasteiger partial charge on any atom is -0.497 e. The van der Waals surface area contributed by atoms with Crippen LogP contribution in [0, 0.1) is 0 Å². The van der Waals surface area contributed by atoms with Gasteiger partial charge in [0.1, 0.15) is 23.7 Å². The van der Waals surface area contributed by atoms with Crippen LogP contribution in [0.2, 0.25) is 0 Å². The van der Waals surface area contributed by atoms with E-state index in [0.29, 0.717) is 33.6 Å². The number of rotatable bonds is 5. The van der Waals surface area contributed by atoms with Crippen molar-refractivity contribution in [2.75, 3.05) is 14.2 Å². The highest BCUT2D eigenvalue weighted by Gasteiger charge is 2.12. The first-order valence-electron chi connectivity index (χ1n) is 7.52. The summed E-state index contributed by atoms with van der Waals surface area (Å²) in [7, 11) is 3.05. The molecule has 1 heterocycles. The third-order valence-electron chi connectivity index (χ3n) is 3.70. The van der Waals surface area contributed by atoms with Crippen molar-refractivity contribution in [3.8, 4) is 11.5 Å². The Bertz CT molecular complexity index is 973. The number of ether oxygens (including phenoxy) is 3. The van der Waals surface area contributed by atoms with E-state index in [1.165, 1.54) is 20.3 Å². The fourth-order valence-electron chi connectivity index (χ4n) is 2.43. The maximum absolute atomic E-state index is 12.2. The van der Waals surface area contributed by atoms with Crippen LogP contribution in [-0.2, 0) is 11.3 Å². The Morgan fingerprint density at radius 1 is 1.00 bits per heavy atom. The first-order valence-corrected chi connectivity index (χ1v) is 7.52. The van der Waals surface area contributed by atoms with E-state index < -0.39 is 11.6 Å². The van der Waals surface area contributed by atoms with Crippen LogP contribution in [0.25, 0.3) is 11.0 Å². The lowest BCUT2D eigenvalue weighted by Gasteiger charge is -2.09. The zero-order chi connectivity index (χ0) is 17.8. The van der Waals surface area contributed by atoms with E-state index in [-0.39, 0.29) is 6.61 Å². The molecular formula is C19H16O6. The molecule has 1 aromatic heterocycles. The Morgan fingerprint density at radius 2 is 1.76 bits per heavy atom. The average molecular weight is 340 g/mol. The topological polar surface area (TPSA) is 75.0 Å². The molecule has 2 aromatic carbocycles. The number of hydrogen-bond acceptors (Lipinski definition) is 6. The summed E-state index contributed by atoms with van der Waals surface area (Å²) in [4.78, 5) is 23.9. The second kappa shape index (κ2) is 7.09. The van der Waals surface area contributed by atoms with E-state index in [1.54, 1.807) is 42.5 Å². The summed E-state index contributed by atoms with van der Waals surface area (Å²) < 4.78 is 20.7. The van der Waals surface area contributed by atoms with E-state index in [4.69, 9.17) is 18.6 Å². The van der Waals surface area contributed by atoms with Crippen molar-refractivity contribution in [2.24, 2.45) is 0 Å². The Kier molecular flexibility index (Phi) is 4.70. The Morgan fingerprint density at radius 3 is 2.52 bits per heavy atom. The van der Waals surface area contributed by atoms with Gasteiger partial charge in [-0.1, -0.05) is 6.07 Å². The highest BCUT2D eigenvalue weighted by atomic mass is 16.5. The summed E-state index contributed by atoms with van der Waals surface area (Å²) in [5, 5.41) is 0.679. The number of esters is 1. The number of methoxy groups -OCH3 is 2. The summed E-state index contributed by atoms with van der Waals surface area (Å²) in [6, 6.07) is 13.1. The van der Waals surface area contributed by atoms with Crippen molar-refractivity contribution >= 4 is 16.9 Å². The van der Waals surface area contributed by atoms with Crippen molar-refractivity contribution in [1.82, 2.24) is 0 Å². The number of hydrogen-bond donors (Lipinski definition) is 0.